The molecule has 9 heteroatoms. The average Bonchev–Trinajstić information content (AvgIpc) is 3.41. The van der Waals surface area contributed by atoms with Gasteiger partial charge >= 0.3 is 0 Å². The van der Waals surface area contributed by atoms with Gasteiger partial charge in [0.2, 0.25) is 0 Å². The fraction of sp³-hybridized carbons (Fsp3) is 0.766. The van der Waals surface area contributed by atoms with Gasteiger partial charge in [0.25, 0.3) is 0 Å². The minimum Gasteiger partial charge on any atom is -0.391 e. The summed E-state index contributed by atoms with van der Waals surface area (Å²) in [4.78, 5) is 44.7. The number of ketones is 3. The Morgan fingerprint density at radius 1 is 0.452 bits per heavy atom. The SMILES string of the molecule is C=C/C=C/C[C@@H](C)[C@@H](O)[C@H]1C(=O)CCCCCCCCCCN1C.CC=C/C=C/C[C@@H](C)[C@@H](O)[C@H]1C(=O)CCCCCCCCCCN1C.[2H]C([2H])=C/C=C/C[C@@H](C)[C@@H](O)[C@H]1C(=O)CCCCCCCCCCN1C. The fourth-order valence-electron chi connectivity index (χ4n) is 10.7. The number of carbonyl (C=O) groups excluding carboxylic acids is 3. The summed E-state index contributed by atoms with van der Waals surface area (Å²) in [5, 5.41) is 32.6. The minimum absolute atomic E-state index is 0.0494. The Morgan fingerprint density at radius 2 is 0.712 bits per heavy atom. The lowest BCUT2D eigenvalue weighted by Gasteiger charge is -2.33. The van der Waals surface area contributed by atoms with Crippen molar-refractivity contribution < 1.29 is 32.4 Å². The maximum absolute atomic E-state index is 12.8. The number of carbonyl (C=O) groups is 3. The normalized spacial score (nSPS) is 25.8. The lowest BCUT2D eigenvalue weighted by molar-refractivity contribution is -0.130. The first kappa shape index (κ1) is 64.5. The second kappa shape index (κ2) is 44.3. The summed E-state index contributed by atoms with van der Waals surface area (Å²) in [6.45, 7) is 14.1. The van der Waals surface area contributed by atoms with Gasteiger partial charge < -0.3 is 15.3 Å². The Labute approximate surface area is 452 Å². The number of hydrogen-bond donors (Lipinski definition) is 3. The van der Waals surface area contributed by atoms with Crippen molar-refractivity contribution in [1.82, 2.24) is 14.7 Å². The topological polar surface area (TPSA) is 122 Å². The number of aliphatic hydroxyl groups excluding tert-OH is 3. The molecule has 3 rings (SSSR count). The average molecular weight is 1020 g/mol. The molecule has 0 bridgehead atoms. The van der Waals surface area contributed by atoms with Gasteiger partial charge in [-0.25, -0.2) is 0 Å². The van der Waals surface area contributed by atoms with Gasteiger partial charge in [-0.2, -0.15) is 0 Å². The highest BCUT2D eigenvalue weighted by molar-refractivity contribution is 5.85. The molecule has 0 aromatic heterocycles. The van der Waals surface area contributed by atoms with Crippen molar-refractivity contribution in [2.45, 2.75) is 257 Å². The Hall–Kier alpha value is -2.79. The maximum Gasteiger partial charge on any atom is 0.152 e. The van der Waals surface area contributed by atoms with Crippen LogP contribution in [0.1, 0.15) is 223 Å². The van der Waals surface area contributed by atoms with Gasteiger partial charge in [-0.1, -0.05) is 210 Å². The molecule has 3 aliphatic heterocycles. The number of Topliss-reactive ketones (excluding diaryl/α,β-unsaturated/α-hetero) is 3. The van der Waals surface area contributed by atoms with E-state index in [0.717, 1.165) is 90.3 Å². The highest BCUT2D eigenvalue weighted by atomic mass is 16.3. The van der Waals surface area contributed by atoms with Crippen LogP contribution in [0.4, 0.5) is 0 Å². The predicted octanol–water partition coefficient (Wildman–Crippen LogP) is 13.9. The minimum atomic E-state index is -0.697. The molecular weight excluding hydrogens is 907 g/mol. The van der Waals surface area contributed by atoms with Crippen LogP contribution in [0.3, 0.4) is 0 Å². The van der Waals surface area contributed by atoms with Gasteiger partial charge in [0.05, 0.1) is 39.2 Å². The third-order valence-corrected chi connectivity index (χ3v) is 15.7. The first-order chi connectivity index (χ1) is 36.1. The van der Waals surface area contributed by atoms with Crippen molar-refractivity contribution in [2.24, 2.45) is 17.8 Å². The molecule has 0 aromatic rings. The number of rotatable bonds is 15. The highest BCUT2D eigenvalue weighted by Gasteiger charge is 2.35. The van der Waals surface area contributed by atoms with Crippen molar-refractivity contribution in [2.75, 3.05) is 40.8 Å². The van der Waals surface area contributed by atoms with Crippen molar-refractivity contribution in [1.29, 1.82) is 0 Å². The highest BCUT2D eigenvalue weighted by Crippen LogP contribution is 2.25. The molecule has 3 aliphatic rings. The second-order valence-electron chi connectivity index (χ2n) is 22.2. The van der Waals surface area contributed by atoms with E-state index in [9.17, 15) is 29.7 Å². The van der Waals surface area contributed by atoms with E-state index >= 15 is 0 Å². The molecule has 0 unspecified atom stereocenters. The van der Waals surface area contributed by atoms with Crippen molar-refractivity contribution in [3.05, 3.63) is 73.9 Å². The summed E-state index contributed by atoms with van der Waals surface area (Å²) in [5.74, 6) is 0.686. The van der Waals surface area contributed by atoms with E-state index in [2.05, 4.69) is 27.4 Å². The van der Waals surface area contributed by atoms with Gasteiger partial charge in [0, 0.05) is 19.3 Å². The van der Waals surface area contributed by atoms with E-state index < -0.39 is 24.4 Å². The molecule has 0 aromatic carbocycles. The Bertz CT molecular complexity index is 1650. The van der Waals surface area contributed by atoms with Crippen molar-refractivity contribution in [3.63, 3.8) is 0 Å². The number of aliphatic hydroxyl groups is 3. The smallest absolute Gasteiger partial charge is 0.152 e. The first-order valence-electron chi connectivity index (χ1n) is 30.7. The quantitative estimate of drug-likeness (QED) is 0.138. The standard InChI is InChI=1S/C22H39NO2.2C21H37NO2/c1-4-5-6-13-16-19(2)22(25)21-20(24)17-14-11-9-7-8-10-12-15-18-23(21)3;2*1-4-5-12-15-18(2)21(24)20-19(23)16-13-10-8-6-7-9-11-14-17-22(20)3/h4-6,13,19,21-22,25H,7-12,14-18H2,1-3H3;2*4-5,12,18,20-21,24H,1,6-11,13-17H2,2-3H3/b5-4?,13-6+;2*12-5+/t19-,21-,22-;2*18-,20-,21-/m111/s1/i;1D2;. The van der Waals surface area contributed by atoms with Gasteiger partial charge in [0.1, 0.15) is 0 Å². The number of allylic oxidation sites excluding steroid dienone is 10. The van der Waals surface area contributed by atoms with Gasteiger partial charge in [-0.3, -0.25) is 29.1 Å². The molecule has 0 amide bonds. The summed E-state index contributed by atoms with van der Waals surface area (Å²) >= 11 is 0. The zero-order chi connectivity index (χ0) is 55.6. The lowest BCUT2D eigenvalue weighted by Crippen LogP contribution is -2.49. The van der Waals surface area contributed by atoms with Gasteiger partial charge in [-0.15, -0.1) is 0 Å². The number of nitrogens with zero attached hydrogens (tertiary/aromatic N) is 3. The fourth-order valence-corrected chi connectivity index (χ4v) is 10.7. The third kappa shape index (κ3) is 31.1. The summed E-state index contributed by atoms with van der Waals surface area (Å²) in [6, 6.07) is -1.15. The molecule has 0 radical (unpaired) electrons. The summed E-state index contributed by atoms with van der Waals surface area (Å²) in [6.07, 6.45) is 49.2. The van der Waals surface area contributed by atoms with Crippen LogP contribution in [-0.2, 0) is 14.4 Å². The summed E-state index contributed by atoms with van der Waals surface area (Å²) in [5.41, 5.74) is 0. The molecule has 0 spiro atoms. The Kier molecular flexibility index (Phi) is 39.2. The van der Waals surface area contributed by atoms with Crippen LogP contribution >= 0.6 is 0 Å². The van der Waals surface area contributed by atoms with Crippen LogP contribution in [0, 0.1) is 17.8 Å². The van der Waals surface area contributed by atoms with Crippen LogP contribution in [0.2, 0.25) is 0 Å². The molecule has 420 valence electrons. The van der Waals surface area contributed by atoms with Crippen molar-refractivity contribution >= 4 is 17.3 Å². The second-order valence-corrected chi connectivity index (χ2v) is 22.2. The summed E-state index contributed by atoms with van der Waals surface area (Å²) in [7, 11) is 5.97. The zero-order valence-corrected chi connectivity index (χ0v) is 47.9. The predicted molar refractivity (Wildman–Crippen MR) is 311 cm³/mol. The van der Waals surface area contributed by atoms with Gasteiger partial charge in [-0.05, 0) is 123 Å². The van der Waals surface area contributed by atoms with Crippen LogP contribution < -0.4 is 0 Å². The van der Waals surface area contributed by atoms with Crippen LogP contribution in [0.25, 0.3) is 0 Å². The molecule has 3 fully saturated rings. The van der Waals surface area contributed by atoms with E-state index in [1.54, 1.807) is 12.2 Å². The van der Waals surface area contributed by atoms with Crippen LogP contribution in [0.15, 0.2) is 73.9 Å². The summed E-state index contributed by atoms with van der Waals surface area (Å²) < 4.78 is 14.1. The molecule has 9 nitrogen and oxygen atoms in total. The monoisotopic (exact) mass is 1020 g/mol. The van der Waals surface area contributed by atoms with Gasteiger partial charge in [0.15, 0.2) is 17.3 Å². The van der Waals surface area contributed by atoms with E-state index in [1.807, 2.05) is 85.3 Å². The lowest BCUT2D eigenvalue weighted by atomic mass is 9.89. The van der Waals surface area contributed by atoms with E-state index in [0.29, 0.717) is 25.7 Å². The maximum atomic E-state index is 12.8. The first-order valence-corrected chi connectivity index (χ1v) is 29.7. The Balaban J connectivity index is 0.000000563. The molecule has 0 aliphatic carbocycles. The van der Waals surface area contributed by atoms with Crippen LogP contribution in [-0.4, -0.2) is 125 Å². The third-order valence-electron chi connectivity index (χ3n) is 15.7. The molecular formula is C64H113N3O6. The molecule has 3 saturated heterocycles. The largest absolute Gasteiger partial charge is 0.391 e. The number of hydrogen-bond acceptors (Lipinski definition) is 9. The number of likely N-dealkylation sites (N-methyl/N-ethyl adjacent to an activating group) is 3. The molecule has 3 heterocycles. The molecule has 73 heavy (non-hydrogen) atoms. The molecule has 3 N–H and O–H groups in total. The van der Waals surface area contributed by atoms with Crippen molar-refractivity contribution in [3.8, 4) is 0 Å². The van der Waals surface area contributed by atoms with E-state index in [-0.39, 0.29) is 53.7 Å². The Morgan fingerprint density at radius 3 is 0.986 bits per heavy atom. The molecule has 9 atom stereocenters. The van der Waals surface area contributed by atoms with E-state index in [1.165, 1.54) is 102 Å². The van der Waals surface area contributed by atoms with Crippen LogP contribution in [0.5, 0.6) is 0 Å². The molecule has 0 saturated carbocycles. The van der Waals surface area contributed by atoms with E-state index in [4.69, 9.17) is 2.74 Å². The zero-order valence-electron chi connectivity index (χ0n) is 49.9.